The van der Waals surface area contributed by atoms with Gasteiger partial charge in [0.1, 0.15) is 0 Å². The first kappa shape index (κ1) is 22.2. The molecule has 0 unspecified atom stereocenters. The molecule has 0 saturated heterocycles. The second-order valence-corrected chi connectivity index (χ2v) is 4.71. The fraction of sp³-hybridized carbons (Fsp3) is 0.333. The van der Waals surface area contributed by atoms with Crippen molar-refractivity contribution in [1.29, 1.82) is 0 Å². The zero-order chi connectivity index (χ0) is 12.3. The molecule has 1 aliphatic carbocycles. The van der Waals surface area contributed by atoms with Gasteiger partial charge in [-0.1, -0.05) is 36.4 Å². The molecule has 1 aromatic carbocycles. The Labute approximate surface area is 148 Å². The molecule has 5 heteroatoms. The van der Waals surface area contributed by atoms with E-state index in [0.717, 1.165) is 18.5 Å². The predicted octanol–water partition coefficient (Wildman–Crippen LogP) is 3.30. The number of halogens is 2. The minimum atomic E-state index is 0. The van der Waals surface area contributed by atoms with Crippen LogP contribution in [0.3, 0.4) is 0 Å². The number of aliphatic hydroxyl groups excluding tert-OH is 1. The number of likely N-dealkylation sites (N-methyl/N-ethyl adjacent to an activating group) is 1. The molecule has 0 heterocycles. The molecule has 0 amide bonds. The summed E-state index contributed by atoms with van der Waals surface area (Å²) in [6.07, 6.45) is 5.48. The van der Waals surface area contributed by atoms with Gasteiger partial charge in [-0.2, -0.15) is 0 Å². The van der Waals surface area contributed by atoms with E-state index in [2.05, 4.69) is 37.2 Å². The summed E-state index contributed by atoms with van der Waals surface area (Å²) in [6, 6.07) is 8.07. The van der Waals surface area contributed by atoms with E-state index >= 15 is 0 Å². The summed E-state index contributed by atoms with van der Waals surface area (Å²) in [5.74, 6) is 0. The van der Waals surface area contributed by atoms with Crippen molar-refractivity contribution in [2.75, 3.05) is 20.6 Å². The smallest absolute Gasteiger partial charge is 0.0687 e. The monoisotopic (exact) mass is 349 g/mol. The third-order valence-corrected chi connectivity index (χ3v) is 2.98. The minimum absolute atomic E-state index is 0. The molecule has 2 rings (SSSR count). The fourth-order valence-electron chi connectivity index (χ4n) is 2.22. The second-order valence-electron chi connectivity index (χ2n) is 4.71. The van der Waals surface area contributed by atoms with Gasteiger partial charge >= 0.3 is 0 Å². The van der Waals surface area contributed by atoms with Crippen LogP contribution in [0.5, 0.6) is 0 Å². The summed E-state index contributed by atoms with van der Waals surface area (Å²) >= 11 is 0. The quantitative estimate of drug-likeness (QED) is 0.843. The number of hydrogen-bond acceptors (Lipinski definition) is 2. The van der Waals surface area contributed by atoms with Crippen molar-refractivity contribution in [1.82, 2.24) is 4.90 Å². The maximum absolute atomic E-state index is 9.34. The van der Waals surface area contributed by atoms with Crippen LogP contribution in [0.25, 0.3) is 5.57 Å². The van der Waals surface area contributed by atoms with Crippen molar-refractivity contribution in [3.8, 4) is 0 Å². The molecule has 0 aromatic heterocycles. The van der Waals surface area contributed by atoms with Crippen LogP contribution >= 0.6 is 24.8 Å². The van der Waals surface area contributed by atoms with E-state index in [-0.39, 0.29) is 53.1 Å². The van der Waals surface area contributed by atoms with Crippen LogP contribution in [0.2, 0.25) is 0 Å². The zero-order valence-electron chi connectivity index (χ0n) is 11.8. The molecular formula is C15H21Cl2NOTi. The van der Waals surface area contributed by atoms with Crippen molar-refractivity contribution in [2.24, 2.45) is 0 Å². The molecule has 0 radical (unpaired) electrons. The van der Waals surface area contributed by atoms with Crippen LogP contribution in [0.1, 0.15) is 17.5 Å². The molecule has 0 atom stereocenters. The molecule has 110 valence electrons. The number of nitrogens with zero attached hydrogens (tertiary/aromatic N) is 1. The third-order valence-electron chi connectivity index (χ3n) is 2.98. The SMILES string of the molecule is CN(C)CC1=CCC(c2ccccc2CO)=C1.Cl.Cl.[Ti]. The van der Waals surface area contributed by atoms with Crippen LogP contribution in [0, 0.1) is 0 Å². The van der Waals surface area contributed by atoms with E-state index in [1.54, 1.807) is 0 Å². The number of aliphatic hydroxyl groups is 1. The molecule has 0 spiro atoms. The molecule has 1 N–H and O–H groups in total. The molecular weight excluding hydrogens is 329 g/mol. The van der Waals surface area contributed by atoms with E-state index in [1.807, 2.05) is 18.2 Å². The van der Waals surface area contributed by atoms with Crippen LogP contribution < -0.4 is 0 Å². The van der Waals surface area contributed by atoms with Gasteiger partial charge in [0.15, 0.2) is 0 Å². The number of rotatable bonds is 4. The Balaban J connectivity index is 0. The van der Waals surface area contributed by atoms with Crippen molar-refractivity contribution in [3.63, 3.8) is 0 Å². The number of allylic oxidation sites excluding steroid dienone is 2. The Morgan fingerprint density at radius 1 is 1.15 bits per heavy atom. The largest absolute Gasteiger partial charge is 0.392 e. The van der Waals surface area contributed by atoms with Crippen LogP contribution in [0.15, 0.2) is 42.0 Å². The first-order valence-electron chi connectivity index (χ1n) is 5.94. The number of benzene rings is 1. The summed E-state index contributed by atoms with van der Waals surface area (Å²) in [4.78, 5) is 2.17. The maximum Gasteiger partial charge on any atom is 0.0687 e. The van der Waals surface area contributed by atoms with Gasteiger partial charge in [0.2, 0.25) is 0 Å². The van der Waals surface area contributed by atoms with Gasteiger partial charge in [0.25, 0.3) is 0 Å². The Kier molecular flexibility index (Phi) is 11.8. The van der Waals surface area contributed by atoms with Gasteiger partial charge in [-0.3, -0.25) is 0 Å². The van der Waals surface area contributed by atoms with Crippen LogP contribution in [-0.2, 0) is 28.3 Å². The Morgan fingerprint density at radius 3 is 2.40 bits per heavy atom. The molecule has 2 nitrogen and oxygen atoms in total. The molecule has 0 aliphatic heterocycles. The summed E-state index contributed by atoms with van der Waals surface area (Å²) < 4.78 is 0. The molecule has 0 saturated carbocycles. The van der Waals surface area contributed by atoms with Gasteiger partial charge in [-0.15, -0.1) is 24.8 Å². The van der Waals surface area contributed by atoms with Gasteiger partial charge in [-0.25, -0.2) is 0 Å². The third kappa shape index (κ3) is 5.73. The van der Waals surface area contributed by atoms with Crippen molar-refractivity contribution >= 4 is 30.4 Å². The van der Waals surface area contributed by atoms with E-state index in [9.17, 15) is 5.11 Å². The molecule has 0 fully saturated rings. The average molecular weight is 350 g/mol. The average Bonchev–Trinajstić information content (AvgIpc) is 2.76. The number of hydrogen-bond donors (Lipinski definition) is 1. The predicted molar refractivity (Wildman–Crippen MR) is 86.1 cm³/mol. The van der Waals surface area contributed by atoms with Gasteiger partial charge in [-0.05, 0) is 42.8 Å². The van der Waals surface area contributed by atoms with Crippen molar-refractivity contribution in [3.05, 3.63) is 53.1 Å². The standard InChI is InChI=1S/C15H19NO.2ClH.Ti/c1-16(2)10-12-7-8-13(9-12)15-6-4-3-5-14(15)11-17;;;/h3-7,9,17H,8,10-11H2,1-2H3;2*1H;. The Hall–Kier alpha value is -0.0857. The topological polar surface area (TPSA) is 23.5 Å². The fourth-order valence-corrected chi connectivity index (χ4v) is 2.22. The molecule has 0 bridgehead atoms. The van der Waals surface area contributed by atoms with Crippen LogP contribution in [0.4, 0.5) is 0 Å². The van der Waals surface area contributed by atoms with Crippen LogP contribution in [-0.4, -0.2) is 30.6 Å². The van der Waals surface area contributed by atoms with Gasteiger partial charge < -0.3 is 10.0 Å². The van der Waals surface area contributed by atoms with E-state index < -0.39 is 0 Å². The van der Waals surface area contributed by atoms with Crippen molar-refractivity contribution < 1.29 is 26.8 Å². The van der Waals surface area contributed by atoms with E-state index in [4.69, 9.17) is 0 Å². The zero-order valence-corrected chi connectivity index (χ0v) is 15.0. The van der Waals surface area contributed by atoms with E-state index in [0.29, 0.717) is 0 Å². The maximum atomic E-state index is 9.34. The summed E-state index contributed by atoms with van der Waals surface area (Å²) in [5, 5.41) is 9.34. The van der Waals surface area contributed by atoms with Gasteiger partial charge in [0.05, 0.1) is 6.61 Å². The van der Waals surface area contributed by atoms with Gasteiger partial charge in [0, 0.05) is 28.3 Å². The Bertz CT molecular complexity index is 473. The second kappa shape index (κ2) is 10.6. The minimum Gasteiger partial charge on any atom is -0.392 e. The van der Waals surface area contributed by atoms with Crippen molar-refractivity contribution in [2.45, 2.75) is 13.0 Å². The molecule has 1 aliphatic rings. The molecule has 20 heavy (non-hydrogen) atoms. The first-order chi connectivity index (χ1) is 8.20. The summed E-state index contributed by atoms with van der Waals surface area (Å²) in [5.41, 5.74) is 4.86. The van der Waals surface area contributed by atoms with E-state index in [1.165, 1.54) is 16.7 Å². The molecule has 1 aromatic rings. The Morgan fingerprint density at radius 2 is 1.80 bits per heavy atom. The summed E-state index contributed by atoms with van der Waals surface area (Å²) in [7, 11) is 4.16. The summed E-state index contributed by atoms with van der Waals surface area (Å²) in [6.45, 7) is 1.08. The first-order valence-corrected chi connectivity index (χ1v) is 5.94. The normalized spacial score (nSPS) is 12.8.